The number of pyridine rings is 1. The summed E-state index contributed by atoms with van der Waals surface area (Å²) in [4.78, 5) is 28.3. The molecule has 0 aliphatic carbocycles. The van der Waals surface area contributed by atoms with Crippen LogP contribution in [0.1, 0.15) is 11.1 Å². The van der Waals surface area contributed by atoms with E-state index < -0.39 is 0 Å². The summed E-state index contributed by atoms with van der Waals surface area (Å²) in [6, 6.07) is 1.79. The summed E-state index contributed by atoms with van der Waals surface area (Å²) in [6.45, 7) is 2.00. The van der Waals surface area contributed by atoms with Crippen molar-refractivity contribution >= 4 is 17.6 Å². The fourth-order valence-electron chi connectivity index (χ4n) is 1.83. The molecule has 1 aliphatic heterocycles. The number of aliphatic hydroxyl groups excluding tert-OH is 1. The molecule has 0 radical (unpaired) electrons. The third-order valence-electron chi connectivity index (χ3n) is 2.54. The molecule has 90 valence electrons. The van der Waals surface area contributed by atoms with E-state index >= 15 is 0 Å². The lowest BCUT2D eigenvalue weighted by molar-refractivity contribution is -0.130. The van der Waals surface area contributed by atoms with Crippen LogP contribution in [-0.2, 0) is 16.2 Å². The van der Waals surface area contributed by atoms with Crippen LogP contribution >= 0.6 is 0 Å². The van der Waals surface area contributed by atoms with Gasteiger partial charge >= 0.3 is 0 Å². The molecule has 2 heterocycles. The Bertz CT molecular complexity index is 457. The first kappa shape index (κ1) is 11.5. The topological polar surface area (TPSA) is 82.5 Å². The van der Waals surface area contributed by atoms with Gasteiger partial charge in [0.25, 0.3) is 0 Å². The van der Waals surface area contributed by atoms with Gasteiger partial charge < -0.3 is 10.0 Å². The number of aryl methyl sites for hydroxylation is 1. The van der Waals surface area contributed by atoms with Crippen LogP contribution in [0.15, 0.2) is 12.3 Å². The monoisotopic (exact) mass is 235 g/mol. The second kappa shape index (κ2) is 4.50. The minimum absolute atomic E-state index is 0.0759. The number of aliphatic hydroxyl groups is 1. The maximum absolute atomic E-state index is 11.3. The number of piperazine rings is 1. The van der Waals surface area contributed by atoms with Gasteiger partial charge in [0.1, 0.15) is 5.82 Å². The summed E-state index contributed by atoms with van der Waals surface area (Å²) < 4.78 is 0. The smallest absolute Gasteiger partial charge is 0.246 e. The van der Waals surface area contributed by atoms with Gasteiger partial charge in [0.05, 0.1) is 19.7 Å². The number of hydrogen-bond acceptors (Lipinski definition) is 5. The number of anilines is 1. The van der Waals surface area contributed by atoms with Crippen molar-refractivity contribution in [3.63, 3.8) is 0 Å². The van der Waals surface area contributed by atoms with Gasteiger partial charge in [0, 0.05) is 6.20 Å². The SMILES string of the molecule is Cc1cc(CO)cnc1N1CC(=O)NC(=O)C1. The molecule has 1 aromatic heterocycles. The number of hydrogen-bond donors (Lipinski definition) is 2. The number of imide groups is 1. The van der Waals surface area contributed by atoms with Crippen LogP contribution in [0.2, 0.25) is 0 Å². The molecule has 17 heavy (non-hydrogen) atoms. The standard InChI is InChI=1S/C11H13N3O3/c1-7-2-8(6-15)3-12-11(7)14-4-9(16)13-10(17)5-14/h2-3,15H,4-6H2,1H3,(H,13,16,17). The number of aromatic nitrogens is 1. The molecule has 0 bridgehead atoms. The van der Waals surface area contributed by atoms with E-state index in [0.717, 1.165) is 5.56 Å². The zero-order chi connectivity index (χ0) is 12.4. The van der Waals surface area contributed by atoms with E-state index in [-0.39, 0.29) is 31.5 Å². The highest BCUT2D eigenvalue weighted by molar-refractivity contribution is 6.02. The van der Waals surface area contributed by atoms with E-state index in [2.05, 4.69) is 10.3 Å². The quantitative estimate of drug-likeness (QED) is 0.665. The molecule has 1 aromatic rings. The van der Waals surface area contributed by atoms with Crippen LogP contribution in [0.3, 0.4) is 0 Å². The van der Waals surface area contributed by atoms with Crippen molar-refractivity contribution < 1.29 is 14.7 Å². The molecule has 0 aromatic carbocycles. The van der Waals surface area contributed by atoms with Gasteiger partial charge in [-0.05, 0) is 24.1 Å². The van der Waals surface area contributed by atoms with Crippen LogP contribution < -0.4 is 10.2 Å². The average molecular weight is 235 g/mol. The van der Waals surface area contributed by atoms with E-state index in [1.807, 2.05) is 6.92 Å². The molecule has 2 rings (SSSR count). The molecule has 1 saturated heterocycles. The highest BCUT2D eigenvalue weighted by atomic mass is 16.3. The summed E-state index contributed by atoms with van der Waals surface area (Å²) in [5.41, 5.74) is 1.54. The lowest BCUT2D eigenvalue weighted by atomic mass is 10.2. The number of nitrogens with zero attached hydrogens (tertiary/aromatic N) is 2. The molecule has 0 atom stereocenters. The Kier molecular flexibility index (Phi) is 3.06. The largest absolute Gasteiger partial charge is 0.392 e. The molecular formula is C11H13N3O3. The van der Waals surface area contributed by atoms with Crippen LogP contribution in [-0.4, -0.2) is 35.0 Å². The maximum atomic E-state index is 11.3. The van der Waals surface area contributed by atoms with Crippen molar-refractivity contribution in [2.24, 2.45) is 0 Å². The van der Waals surface area contributed by atoms with Gasteiger partial charge in [-0.25, -0.2) is 4.98 Å². The summed E-state index contributed by atoms with van der Waals surface area (Å²) >= 11 is 0. The van der Waals surface area contributed by atoms with E-state index in [4.69, 9.17) is 5.11 Å². The zero-order valence-corrected chi connectivity index (χ0v) is 9.43. The lowest BCUT2D eigenvalue weighted by Gasteiger charge is -2.27. The Hall–Kier alpha value is -1.95. The van der Waals surface area contributed by atoms with Crippen LogP contribution in [0.25, 0.3) is 0 Å². The first-order valence-corrected chi connectivity index (χ1v) is 5.24. The van der Waals surface area contributed by atoms with E-state index in [9.17, 15) is 9.59 Å². The summed E-state index contributed by atoms with van der Waals surface area (Å²) in [5, 5.41) is 11.2. The lowest BCUT2D eigenvalue weighted by Crippen LogP contribution is -2.52. The third kappa shape index (κ3) is 2.42. The van der Waals surface area contributed by atoms with Gasteiger partial charge in [-0.15, -0.1) is 0 Å². The predicted octanol–water partition coefficient (Wildman–Crippen LogP) is -0.655. The third-order valence-corrected chi connectivity index (χ3v) is 2.54. The fraction of sp³-hybridized carbons (Fsp3) is 0.364. The number of nitrogens with one attached hydrogen (secondary N) is 1. The van der Waals surface area contributed by atoms with Crippen molar-refractivity contribution in [2.45, 2.75) is 13.5 Å². The van der Waals surface area contributed by atoms with Crippen molar-refractivity contribution in [1.29, 1.82) is 0 Å². The molecule has 1 fully saturated rings. The second-order valence-corrected chi connectivity index (χ2v) is 3.97. The highest BCUT2D eigenvalue weighted by Crippen LogP contribution is 2.18. The van der Waals surface area contributed by atoms with Gasteiger partial charge in [0.15, 0.2) is 0 Å². The highest BCUT2D eigenvalue weighted by Gasteiger charge is 2.24. The molecule has 1 aliphatic rings. The predicted molar refractivity (Wildman–Crippen MR) is 60.3 cm³/mol. The number of carbonyl (C=O) groups is 2. The Morgan fingerprint density at radius 1 is 1.41 bits per heavy atom. The van der Waals surface area contributed by atoms with Gasteiger partial charge in [-0.1, -0.05) is 0 Å². The summed E-state index contributed by atoms with van der Waals surface area (Å²) in [6.07, 6.45) is 1.54. The van der Waals surface area contributed by atoms with E-state index in [0.29, 0.717) is 11.4 Å². The Morgan fingerprint density at radius 2 is 2.06 bits per heavy atom. The van der Waals surface area contributed by atoms with Crippen molar-refractivity contribution in [3.8, 4) is 0 Å². The molecule has 0 unspecified atom stereocenters. The number of amides is 2. The first-order chi connectivity index (χ1) is 8.10. The van der Waals surface area contributed by atoms with Crippen molar-refractivity contribution in [1.82, 2.24) is 10.3 Å². The van der Waals surface area contributed by atoms with Crippen molar-refractivity contribution in [3.05, 3.63) is 23.4 Å². The Balaban J connectivity index is 2.27. The minimum atomic E-state index is -0.325. The molecule has 0 saturated carbocycles. The van der Waals surface area contributed by atoms with Crippen molar-refractivity contribution in [2.75, 3.05) is 18.0 Å². The number of carbonyl (C=O) groups excluding carboxylic acids is 2. The molecular weight excluding hydrogens is 222 g/mol. The molecule has 2 amide bonds. The molecule has 2 N–H and O–H groups in total. The Labute approximate surface area is 98.3 Å². The summed E-state index contributed by atoms with van der Waals surface area (Å²) in [7, 11) is 0. The van der Waals surface area contributed by atoms with Gasteiger partial charge in [-0.3, -0.25) is 14.9 Å². The number of rotatable bonds is 2. The summed E-state index contributed by atoms with van der Waals surface area (Å²) in [5.74, 6) is -0.0484. The van der Waals surface area contributed by atoms with E-state index in [1.54, 1.807) is 17.2 Å². The zero-order valence-electron chi connectivity index (χ0n) is 9.43. The van der Waals surface area contributed by atoms with Gasteiger partial charge in [-0.2, -0.15) is 0 Å². The minimum Gasteiger partial charge on any atom is -0.392 e. The average Bonchev–Trinajstić information content (AvgIpc) is 2.27. The van der Waals surface area contributed by atoms with Gasteiger partial charge in [0.2, 0.25) is 11.8 Å². The van der Waals surface area contributed by atoms with Crippen LogP contribution in [0.4, 0.5) is 5.82 Å². The van der Waals surface area contributed by atoms with Crippen LogP contribution in [0.5, 0.6) is 0 Å². The normalized spacial score (nSPS) is 16.0. The molecule has 0 spiro atoms. The van der Waals surface area contributed by atoms with Crippen LogP contribution in [0, 0.1) is 6.92 Å². The Morgan fingerprint density at radius 3 is 2.59 bits per heavy atom. The maximum Gasteiger partial charge on any atom is 0.246 e. The molecule has 6 heteroatoms. The second-order valence-electron chi connectivity index (χ2n) is 3.97. The fourth-order valence-corrected chi connectivity index (χ4v) is 1.83. The first-order valence-electron chi connectivity index (χ1n) is 5.24. The molecule has 6 nitrogen and oxygen atoms in total. The van der Waals surface area contributed by atoms with E-state index in [1.165, 1.54) is 0 Å².